The molecule has 0 spiro atoms. The fourth-order valence-electron chi connectivity index (χ4n) is 1.55. The Morgan fingerprint density at radius 3 is 2.71 bits per heavy atom. The molecule has 2 atom stereocenters. The topological polar surface area (TPSA) is 64.9 Å². The van der Waals surface area contributed by atoms with Crippen LogP contribution in [0.15, 0.2) is 10.9 Å². The van der Waals surface area contributed by atoms with Gasteiger partial charge in [-0.15, -0.1) is 0 Å². The molecule has 0 aromatic carbocycles. The average Bonchev–Trinajstić information content (AvgIpc) is 2.70. The predicted octanol–water partition coefficient (Wildman–Crippen LogP) is 2.07. The molecule has 1 rings (SSSR count). The Balaban J connectivity index is 2.76. The molecule has 1 aromatic rings. The van der Waals surface area contributed by atoms with Crippen molar-refractivity contribution in [3.8, 4) is 0 Å². The molecule has 0 saturated heterocycles. The first-order valence-corrected chi connectivity index (χ1v) is 5.18. The zero-order valence-corrected chi connectivity index (χ0v) is 9.16. The summed E-state index contributed by atoms with van der Waals surface area (Å²) >= 11 is 0. The molecule has 1 aromatic heterocycles. The van der Waals surface area contributed by atoms with Crippen molar-refractivity contribution in [2.75, 3.05) is 0 Å². The molecule has 80 valence electrons. The van der Waals surface area contributed by atoms with Crippen molar-refractivity contribution in [1.82, 2.24) is 10.1 Å². The van der Waals surface area contributed by atoms with Crippen molar-refractivity contribution in [1.29, 1.82) is 0 Å². The summed E-state index contributed by atoms with van der Waals surface area (Å²) in [5, 5.41) is 3.84. The molecular formula is C10H19N3O. The lowest BCUT2D eigenvalue weighted by atomic mass is 9.85. The fourth-order valence-corrected chi connectivity index (χ4v) is 1.55. The molecule has 0 fully saturated rings. The van der Waals surface area contributed by atoms with Crippen LogP contribution in [-0.2, 0) is 5.54 Å². The van der Waals surface area contributed by atoms with E-state index < -0.39 is 5.54 Å². The van der Waals surface area contributed by atoms with Crippen molar-refractivity contribution in [3.63, 3.8) is 0 Å². The van der Waals surface area contributed by atoms with Gasteiger partial charge in [0.15, 0.2) is 5.82 Å². The van der Waals surface area contributed by atoms with E-state index in [9.17, 15) is 0 Å². The number of nitrogens with two attached hydrogens (primary N) is 1. The predicted molar refractivity (Wildman–Crippen MR) is 54.5 cm³/mol. The van der Waals surface area contributed by atoms with Crippen LogP contribution in [0.25, 0.3) is 0 Å². The van der Waals surface area contributed by atoms with Gasteiger partial charge in [0, 0.05) is 0 Å². The van der Waals surface area contributed by atoms with E-state index in [1.54, 1.807) is 0 Å². The molecule has 0 aliphatic carbocycles. The third-order valence-corrected chi connectivity index (χ3v) is 2.85. The second-order valence-corrected chi connectivity index (χ2v) is 3.98. The molecule has 0 saturated carbocycles. The van der Waals surface area contributed by atoms with E-state index in [1.807, 2.05) is 0 Å². The number of aromatic nitrogens is 2. The fraction of sp³-hybridized carbons (Fsp3) is 0.800. The Labute approximate surface area is 84.9 Å². The van der Waals surface area contributed by atoms with E-state index in [2.05, 4.69) is 30.9 Å². The van der Waals surface area contributed by atoms with Gasteiger partial charge in [-0.3, -0.25) is 0 Å². The molecule has 1 heterocycles. The Morgan fingerprint density at radius 1 is 1.57 bits per heavy atom. The highest BCUT2D eigenvalue weighted by molar-refractivity contribution is 5.01. The average molecular weight is 197 g/mol. The summed E-state index contributed by atoms with van der Waals surface area (Å²) in [5.41, 5.74) is 5.83. The maximum Gasteiger partial charge on any atom is 0.213 e. The third-order valence-electron chi connectivity index (χ3n) is 2.85. The third kappa shape index (κ3) is 2.32. The second kappa shape index (κ2) is 4.55. The van der Waals surface area contributed by atoms with Crippen LogP contribution < -0.4 is 5.73 Å². The molecular weight excluding hydrogens is 178 g/mol. The summed E-state index contributed by atoms with van der Waals surface area (Å²) in [4.78, 5) is 4.04. The van der Waals surface area contributed by atoms with Gasteiger partial charge in [0.05, 0.1) is 5.54 Å². The molecule has 0 bridgehead atoms. The molecule has 4 heteroatoms. The van der Waals surface area contributed by atoms with E-state index in [4.69, 9.17) is 10.3 Å². The van der Waals surface area contributed by atoms with Gasteiger partial charge in [0.25, 0.3) is 0 Å². The van der Waals surface area contributed by atoms with Crippen LogP contribution in [0.2, 0.25) is 0 Å². The highest BCUT2D eigenvalue weighted by Gasteiger charge is 2.31. The number of rotatable bonds is 5. The van der Waals surface area contributed by atoms with Crippen molar-refractivity contribution in [3.05, 3.63) is 12.2 Å². The van der Waals surface area contributed by atoms with Gasteiger partial charge in [-0.1, -0.05) is 32.3 Å². The van der Waals surface area contributed by atoms with Crippen LogP contribution in [0.1, 0.15) is 45.9 Å². The standard InChI is InChI=1S/C10H19N3O/c1-4-8(3)6-10(11,5-2)9-12-7-14-13-9/h7-8H,4-6,11H2,1-3H3. The summed E-state index contributed by atoms with van der Waals surface area (Å²) in [7, 11) is 0. The minimum Gasteiger partial charge on any atom is -0.343 e. The molecule has 0 radical (unpaired) electrons. The minimum atomic E-state index is -0.428. The minimum absolute atomic E-state index is 0.428. The van der Waals surface area contributed by atoms with Gasteiger partial charge in [0.2, 0.25) is 6.39 Å². The maximum atomic E-state index is 6.25. The lowest BCUT2D eigenvalue weighted by Crippen LogP contribution is -2.38. The Kier molecular flexibility index (Phi) is 3.63. The van der Waals surface area contributed by atoms with Crippen LogP contribution >= 0.6 is 0 Å². The molecule has 2 unspecified atom stereocenters. The molecule has 14 heavy (non-hydrogen) atoms. The molecule has 4 nitrogen and oxygen atoms in total. The zero-order chi connectivity index (χ0) is 10.6. The number of hydrogen-bond donors (Lipinski definition) is 1. The molecule has 0 aliphatic rings. The summed E-state index contributed by atoms with van der Waals surface area (Å²) < 4.78 is 4.74. The normalized spacial score (nSPS) is 17.7. The SMILES string of the molecule is CCC(C)CC(N)(CC)c1ncon1. The summed E-state index contributed by atoms with van der Waals surface area (Å²) in [6.07, 6.45) is 4.19. The van der Waals surface area contributed by atoms with Crippen molar-refractivity contribution in [2.45, 2.75) is 45.6 Å². The summed E-state index contributed by atoms with van der Waals surface area (Å²) in [6.45, 7) is 6.41. The first-order valence-electron chi connectivity index (χ1n) is 5.18. The number of nitrogens with zero attached hydrogens (tertiary/aromatic N) is 2. The van der Waals surface area contributed by atoms with Crippen LogP contribution in [0, 0.1) is 5.92 Å². The Bertz CT molecular complexity index is 260. The van der Waals surface area contributed by atoms with Crippen molar-refractivity contribution >= 4 is 0 Å². The first kappa shape index (κ1) is 11.2. The summed E-state index contributed by atoms with van der Waals surface area (Å²) in [6, 6.07) is 0. The van der Waals surface area contributed by atoms with Gasteiger partial charge in [-0.2, -0.15) is 4.98 Å². The zero-order valence-electron chi connectivity index (χ0n) is 9.16. The number of hydrogen-bond acceptors (Lipinski definition) is 4. The first-order chi connectivity index (χ1) is 6.62. The molecule has 2 N–H and O–H groups in total. The van der Waals surface area contributed by atoms with Crippen LogP contribution in [0.5, 0.6) is 0 Å². The Hall–Kier alpha value is -0.900. The van der Waals surface area contributed by atoms with Gasteiger partial charge < -0.3 is 10.3 Å². The largest absolute Gasteiger partial charge is 0.343 e. The second-order valence-electron chi connectivity index (χ2n) is 3.98. The lowest BCUT2D eigenvalue weighted by molar-refractivity contribution is 0.290. The highest BCUT2D eigenvalue weighted by Crippen LogP contribution is 2.27. The Morgan fingerprint density at radius 2 is 2.29 bits per heavy atom. The van der Waals surface area contributed by atoms with Gasteiger partial charge in [-0.05, 0) is 18.8 Å². The smallest absolute Gasteiger partial charge is 0.213 e. The van der Waals surface area contributed by atoms with Gasteiger partial charge >= 0.3 is 0 Å². The monoisotopic (exact) mass is 197 g/mol. The quantitative estimate of drug-likeness (QED) is 0.784. The molecule has 0 aliphatic heterocycles. The van der Waals surface area contributed by atoms with E-state index in [0.29, 0.717) is 11.7 Å². The maximum absolute atomic E-state index is 6.25. The van der Waals surface area contributed by atoms with Crippen LogP contribution in [0.3, 0.4) is 0 Å². The van der Waals surface area contributed by atoms with E-state index >= 15 is 0 Å². The van der Waals surface area contributed by atoms with Crippen molar-refractivity contribution < 1.29 is 4.52 Å². The van der Waals surface area contributed by atoms with E-state index in [1.165, 1.54) is 6.39 Å². The van der Waals surface area contributed by atoms with Crippen LogP contribution in [-0.4, -0.2) is 10.1 Å². The summed E-state index contributed by atoms with van der Waals surface area (Å²) in [5.74, 6) is 1.21. The van der Waals surface area contributed by atoms with Gasteiger partial charge in [0.1, 0.15) is 0 Å². The van der Waals surface area contributed by atoms with E-state index in [-0.39, 0.29) is 0 Å². The van der Waals surface area contributed by atoms with Gasteiger partial charge in [-0.25, -0.2) is 0 Å². The lowest BCUT2D eigenvalue weighted by Gasteiger charge is -2.27. The van der Waals surface area contributed by atoms with Crippen molar-refractivity contribution in [2.24, 2.45) is 11.7 Å². The molecule has 0 amide bonds. The van der Waals surface area contributed by atoms with E-state index in [0.717, 1.165) is 19.3 Å². The van der Waals surface area contributed by atoms with Crippen LogP contribution in [0.4, 0.5) is 0 Å². The highest BCUT2D eigenvalue weighted by atomic mass is 16.5.